The molecule has 19 heteroatoms. The van der Waals surface area contributed by atoms with Gasteiger partial charge in [0.25, 0.3) is 0 Å². The number of aliphatic hydroxyl groups is 1. The number of rotatable bonds is 74. The summed E-state index contributed by atoms with van der Waals surface area (Å²) in [6.45, 7) is 11.9. The van der Waals surface area contributed by atoms with Crippen LogP contribution in [-0.2, 0) is 65.4 Å². The van der Waals surface area contributed by atoms with E-state index in [1.54, 1.807) is 0 Å². The average molecular weight is 1400 g/mol. The van der Waals surface area contributed by atoms with Crippen molar-refractivity contribution >= 4 is 39.5 Å². The van der Waals surface area contributed by atoms with Gasteiger partial charge in [0, 0.05) is 25.7 Å². The molecule has 0 aromatic heterocycles. The van der Waals surface area contributed by atoms with Crippen molar-refractivity contribution < 1.29 is 80.2 Å². The van der Waals surface area contributed by atoms with E-state index in [9.17, 15) is 43.2 Å². The van der Waals surface area contributed by atoms with Crippen LogP contribution in [0.1, 0.15) is 389 Å². The van der Waals surface area contributed by atoms with Crippen molar-refractivity contribution in [2.75, 3.05) is 39.6 Å². The maximum absolute atomic E-state index is 13.1. The van der Waals surface area contributed by atoms with E-state index < -0.39 is 97.5 Å². The summed E-state index contributed by atoms with van der Waals surface area (Å²) in [6.07, 6.45) is 52.4. The van der Waals surface area contributed by atoms with Gasteiger partial charge in [-0.3, -0.25) is 37.3 Å². The number of phosphoric ester groups is 2. The van der Waals surface area contributed by atoms with E-state index in [0.29, 0.717) is 25.7 Å². The van der Waals surface area contributed by atoms with E-state index in [-0.39, 0.29) is 25.7 Å². The van der Waals surface area contributed by atoms with Gasteiger partial charge in [0.15, 0.2) is 12.2 Å². The second kappa shape index (κ2) is 66.6. The Morgan fingerprint density at radius 2 is 0.537 bits per heavy atom. The van der Waals surface area contributed by atoms with Crippen molar-refractivity contribution in [1.29, 1.82) is 0 Å². The molecule has 7 atom stereocenters. The number of ether oxygens (including phenoxy) is 4. The zero-order valence-corrected chi connectivity index (χ0v) is 63.9. The molecule has 0 rings (SSSR count). The highest BCUT2D eigenvalue weighted by atomic mass is 31.2. The molecule has 0 bridgehead atoms. The Morgan fingerprint density at radius 3 is 0.800 bits per heavy atom. The maximum Gasteiger partial charge on any atom is 0.472 e. The van der Waals surface area contributed by atoms with Crippen LogP contribution in [0.5, 0.6) is 0 Å². The number of carbonyl (C=O) groups is 4. The summed E-state index contributed by atoms with van der Waals surface area (Å²) in [5.74, 6) is 0.248. The Labute approximate surface area is 581 Å². The molecular weight excluding hydrogens is 1250 g/mol. The van der Waals surface area contributed by atoms with Gasteiger partial charge in [0.05, 0.1) is 26.4 Å². The van der Waals surface area contributed by atoms with Crippen molar-refractivity contribution in [3.05, 3.63) is 0 Å². The van der Waals surface area contributed by atoms with E-state index in [1.165, 1.54) is 199 Å². The topological polar surface area (TPSA) is 237 Å². The Bertz CT molecular complexity index is 1860. The van der Waals surface area contributed by atoms with Gasteiger partial charge in [-0.05, 0) is 43.4 Å². The van der Waals surface area contributed by atoms with E-state index in [0.717, 1.165) is 108 Å². The molecule has 4 unspecified atom stereocenters. The molecule has 3 N–H and O–H groups in total. The molecule has 0 fully saturated rings. The lowest BCUT2D eigenvalue weighted by Crippen LogP contribution is -2.30. The molecule has 0 aliphatic carbocycles. The molecule has 0 saturated carbocycles. The Kier molecular flexibility index (Phi) is 65.2. The normalized spacial score (nSPS) is 14.6. The summed E-state index contributed by atoms with van der Waals surface area (Å²) in [5, 5.41) is 10.6. The number of phosphoric acid groups is 2. The van der Waals surface area contributed by atoms with Crippen LogP contribution in [0.4, 0.5) is 0 Å². The van der Waals surface area contributed by atoms with Gasteiger partial charge in [-0.25, -0.2) is 9.13 Å². The number of unbranched alkanes of at least 4 members (excludes halogenated alkanes) is 40. The molecule has 0 radical (unpaired) electrons. The second-order valence-electron chi connectivity index (χ2n) is 28.4. The predicted octanol–water partition coefficient (Wildman–Crippen LogP) is 22.2. The van der Waals surface area contributed by atoms with Crippen molar-refractivity contribution in [2.24, 2.45) is 17.8 Å². The monoisotopic (exact) mass is 1400 g/mol. The van der Waals surface area contributed by atoms with E-state index in [4.69, 9.17) is 37.0 Å². The minimum Gasteiger partial charge on any atom is -0.462 e. The smallest absolute Gasteiger partial charge is 0.462 e. The third kappa shape index (κ3) is 67.6. The van der Waals surface area contributed by atoms with Crippen LogP contribution in [-0.4, -0.2) is 96.7 Å². The highest BCUT2D eigenvalue weighted by Crippen LogP contribution is 2.45. The molecular formula is C76H148O17P2. The fraction of sp³-hybridized carbons (Fsp3) is 0.947. The summed E-state index contributed by atoms with van der Waals surface area (Å²) in [4.78, 5) is 72.9. The second-order valence-corrected chi connectivity index (χ2v) is 31.3. The Balaban J connectivity index is 5.28. The lowest BCUT2D eigenvalue weighted by Gasteiger charge is -2.21. The first kappa shape index (κ1) is 93.1. The summed E-state index contributed by atoms with van der Waals surface area (Å²) < 4.78 is 68.6. The Hall–Kier alpha value is -1.94. The van der Waals surface area contributed by atoms with Gasteiger partial charge in [-0.2, -0.15) is 0 Å². The highest BCUT2D eigenvalue weighted by Gasteiger charge is 2.30. The number of hydrogen-bond acceptors (Lipinski definition) is 15. The lowest BCUT2D eigenvalue weighted by molar-refractivity contribution is -0.161. The zero-order chi connectivity index (χ0) is 70.1. The quantitative estimate of drug-likeness (QED) is 0.0222. The van der Waals surface area contributed by atoms with Gasteiger partial charge < -0.3 is 33.8 Å². The molecule has 0 saturated heterocycles. The number of hydrogen-bond donors (Lipinski definition) is 3. The van der Waals surface area contributed by atoms with Crippen LogP contribution < -0.4 is 0 Å². The molecule has 564 valence electrons. The van der Waals surface area contributed by atoms with Crippen LogP contribution in [0.25, 0.3) is 0 Å². The molecule has 0 aliphatic heterocycles. The van der Waals surface area contributed by atoms with Gasteiger partial charge >= 0.3 is 39.5 Å². The fourth-order valence-electron chi connectivity index (χ4n) is 11.5. The summed E-state index contributed by atoms with van der Waals surface area (Å²) in [6, 6.07) is 0. The summed E-state index contributed by atoms with van der Waals surface area (Å²) >= 11 is 0. The van der Waals surface area contributed by atoms with Gasteiger partial charge in [-0.1, -0.05) is 337 Å². The molecule has 95 heavy (non-hydrogen) atoms. The third-order valence-corrected chi connectivity index (χ3v) is 20.3. The van der Waals surface area contributed by atoms with Crippen LogP contribution in [0.2, 0.25) is 0 Å². The maximum atomic E-state index is 13.1. The molecule has 0 heterocycles. The first-order valence-corrected chi connectivity index (χ1v) is 42.4. The Morgan fingerprint density at radius 1 is 0.305 bits per heavy atom. The third-order valence-electron chi connectivity index (χ3n) is 18.4. The molecule has 0 amide bonds. The van der Waals surface area contributed by atoms with E-state index in [2.05, 4.69) is 48.5 Å². The van der Waals surface area contributed by atoms with E-state index in [1.807, 2.05) is 0 Å². The van der Waals surface area contributed by atoms with Crippen molar-refractivity contribution in [2.45, 2.75) is 407 Å². The van der Waals surface area contributed by atoms with Crippen molar-refractivity contribution in [3.63, 3.8) is 0 Å². The first-order chi connectivity index (χ1) is 45.8. The molecule has 17 nitrogen and oxygen atoms in total. The molecule has 0 aromatic carbocycles. The average Bonchev–Trinajstić information content (AvgIpc) is 3.31. The van der Waals surface area contributed by atoms with Crippen molar-refractivity contribution in [3.8, 4) is 0 Å². The largest absolute Gasteiger partial charge is 0.472 e. The fourth-order valence-corrected chi connectivity index (χ4v) is 13.1. The van der Waals surface area contributed by atoms with Gasteiger partial charge in [0.2, 0.25) is 0 Å². The number of aliphatic hydroxyl groups excluding tert-OH is 1. The highest BCUT2D eigenvalue weighted by molar-refractivity contribution is 7.47. The van der Waals surface area contributed by atoms with Crippen molar-refractivity contribution in [1.82, 2.24) is 0 Å². The van der Waals surface area contributed by atoms with Crippen LogP contribution in [0.3, 0.4) is 0 Å². The standard InChI is InChI=1S/C76H148O17P2/c1-8-11-12-13-14-15-16-17-18-22-29-38-45-52-59-75(80)93-72(64-87-74(79)58-51-44-37-32-31-35-42-49-56-69(7)10-3)66-91-95(84,85)89-62-70(77)61-88-94(82,83)90-65-71(63-86-73(78)57-50-43-36-28-25-24-27-34-41-48-55-68(6)9-2)92-76(81)60-53-46-39-30-23-20-19-21-26-33-40-47-54-67(4)5/h67-72,77H,8-66H2,1-7H3,(H,82,83)(H,84,85)/t68?,69?,70-,71-,72-/m1/s1. The van der Waals surface area contributed by atoms with E-state index >= 15 is 0 Å². The molecule has 0 spiro atoms. The predicted molar refractivity (Wildman–Crippen MR) is 386 cm³/mol. The molecule has 0 aromatic rings. The van der Waals surface area contributed by atoms with Gasteiger partial charge in [0.1, 0.15) is 19.3 Å². The zero-order valence-electron chi connectivity index (χ0n) is 62.1. The molecule has 0 aliphatic rings. The minimum absolute atomic E-state index is 0.107. The van der Waals surface area contributed by atoms with Crippen LogP contribution in [0.15, 0.2) is 0 Å². The summed E-state index contributed by atoms with van der Waals surface area (Å²) in [7, 11) is -9.91. The lowest BCUT2D eigenvalue weighted by atomic mass is 9.99. The number of esters is 4. The summed E-state index contributed by atoms with van der Waals surface area (Å²) in [5.41, 5.74) is 0. The minimum atomic E-state index is -4.96. The van der Waals surface area contributed by atoms with Crippen LogP contribution in [0, 0.1) is 17.8 Å². The SMILES string of the molecule is CCCCCCCCCCCCCCCCC(=O)O[C@H](COC(=O)CCCCCCCCCCC(C)CC)COP(=O)(O)OC[C@H](O)COP(=O)(O)OC[C@@H](COC(=O)CCCCCCCCCCCCC(C)CC)OC(=O)CCCCCCCCCCCCCCC(C)C. The first-order valence-electron chi connectivity index (χ1n) is 39.4. The number of carbonyl (C=O) groups excluding carboxylic acids is 4. The van der Waals surface area contributed by atoms with Gasteiger partial charge in [-0.15, -0.1) is 0 Å². The van der Waals surface area contributed by atoms with Crippen LogP contribution >= 0.6 is 15.6 Å².